The molecule has 2 saturated heterocycles. The third-order valence-corrected chi connectivity index (χ3v) is 4.15. The van der Waals surface area contributed by atoms with Crippen molar-refractivity contribution >= 4 is 17.9 Å². The Balaban J connectivity index is 1.90. The highest BCUT2D eigenvalue weighted by atomic mass is 32.2. The quantitative estimate of drug-likeness (QED) is 0.753. The molecule has 0 spiro atoms. The van der Waals surface area contributed by atoms with E-state index in [9.17, 15) is 4.79 Å². The van der Waals surface area contributed by atoms with Crippen LogP contribution >= 0.6 is 11.8 Å². The first-order chi connectivity index (χ1) is 6.81. The maximum atomic E-state index is 11.4. The number of thioether (sulfide) groups is 1. The highest BCUT2D eigenvalue weighted by Gasteiger charge is 2.34. The van der Waals surface area contributed by atoms with Crippen molar-refractivity contribution in [2.75, 3.05) is 25.4 Å². The lowest BCUT2D eigenvalue weighted by molar-refractivity contribution is 0.158. The van der Waals surface area contributed by atoms with Gasteiger partial charge in [-0.15, -0.1) is 0 Å². The van der Waals surface area contributed by atoms with Gasteiger partial charge in [0.25, 0.3) is 0 Å². The molecule has 0 saturated carbocycles. The van der Waals surface area contributed by atoms with E-state index in [1.54, 1.807) is 4.90 Å². The van der Waals surface area contributed by atoms with Crippen LogP contribution in [0.5, 0.6) is 0 Å². The number of rotatable bonds is 3. The van der Waals surface area contributed by atoms with E-state index >= 15 is 0 Å². The van der Waals surface area contributed by atoms with Crippen LogP contribution in [0.3, 0.4) is 0 Å². The molecule has 2 rings (SSSR count). The van der Waals surface area contributed by atoms with E-state index in [0.29, 0.717) is 18.4 Å². The largest absolute Gasteiger partial charge is 0.447 e. The van der Waals surface area contributed by atoms with Gasteiger partial charge in [0.05, 0.1) is 6.04 Å². The zero-order valence-electron chi connectivity index (χ0n) is 8.15. The maximum Gasteiger partial charge on any atom is 0.410 e. The number of nitrogens with zero attached hydrogens (tertiary/aromatic N) is 1. The van der Waals surface area contributed by atoms with E-state index in [2.05, 4.69) is 0 Å². The highest BCUT2D eigenvalue weighted by Crippen LogP contribution is 2.28. The van der Waals surface area contributed by atoms with Gasteiger partial charge in [0.1, 0.15) is 6.61 Å². The molecule has 0 aromatic rings. The molecule has 2 unspecified atom stereocenters. The summed E-state index contributed by atoms with van der Waals surface area (Å²) in [4.78, 5) is 13.2. The second-order valence-corrected chi connectivity index (χ2v) is 5.16. The smallest absolute Gasteiger partial charge is 0.410 e. The molecule has 80 valence electrons. The van der Waals surface area contributed by atoms with Crippen LogP contribution < -0.4 is 5.73 Å². The second-order valence-electron chi connectivity index (χ2n) is 3.75. The predicted molar refractivity (Wildman–Crippen MR) is 56.4 cm³/mol. The predicted octanol–water partition coefficient (Wildman–Crippen LogP) is 0.662. The topological polar surface area (TPSA) is 55.6 Å². The van der Waals surface area contributed by atoms with Crippen molar-refractivity contribution in [3.05, 3.63) is 0 Å². The molecule has 2 aliphatic heterocycles. The molecule has 2 aliphatic rings. The summed E-state index contributed by atoms with van der Waals surface area (Å²) in [5.41, 5.74) is 5.58. The Bertz CT molecular complexity index is 219. The van der Waals surface area contributed by atoms with Gasteiger partial charge in [0.15, 0.2) is 0 Å². The summed E-state index contributed by atoms with van der Waals surface area (Å²) >= 11 is 1.95. The van der Waals surface area contributed by atoms with Crippen molar-refractivity contribution in [1.82, 2.24) is 4.90 Å². The molecule has 0 bridgehead atoms. The fourth-order valence-corrected chi connectivity index (χ4v) is 3.18. The van der Waals surface area contributed by atoms with E-state index in [0.717, 1.165) is 6.54 Å². The van der Waals surface area contributed by atoms with E-state index in [4.69, 9.17) is 10.5 Å². The van der Waals surface area contributed by atoms with Crippen LogP contribution in [-0.4, -0.2) is 47.7 Å². The second kappa shape index (κ2) is 4.40. The molecule has 4 nitrogen and oxygen atoms in total. The summed E-state index contributed by atoms with van der Waals surface area (Å²) in [5.74, 6) is 1.22. The Morgan fingerprint density at radius 3 is 3.14 bits per heavy atom. The van der Waals surface area contributed by atoms with Gasteiger partial charge in [-0.1, -0.05) is 0 Å². The van der Waals surface area contributed by atoms with Gasteiger partial charge in [-0.3, -0.25) is 4.90 Å². The molecule has 0 aromatic carbocycles. The minimum Gasteiger partial charge on any atom is -0.447 e. The minimum absolute atomic E-state index is 0.101. The van der Waals surface area contributed by atoms with Crippen LogP contribution in [0.25, 0.3) is 0 Å². The van der Waals surface area contributed by atoms with E-state index in [-0.39, 0.29) is 12.1 Å². The number of nitrogens with two attached hydrogens (primary N) is 1. The summed E-state index contributed by atoms with van der Waals surface area (Å²) < 4.78 is 4.98. The number of carbonyl (C=O) groups excluding carboxylic acids is 1. The monoisotopic (exact) mass is 216 g/mol. The molecule has 0 aliphatic carbocycles. The van der Waals surface area contributed by atoms with E-state index < -0.39 is 0 Å². The van der Waals surface area contributed by atoms with Gasteiger partial charge in [-0.25, -0.2) is 4.79 Å². The van der Waals surface area contributed by atoms with Crippen molar-refractivity contribution in [3.63, 3.8) is 0 Å². The molecule has 2 N–H and O–H groups in total. The Hall–Kier alpha value is -0.420. The summed E-state index contributed by atoms with van der Waals surface area (Å²) in [6, 6.07) is 0.101. The number of hydrogen-bond acceptors (Lipinski definition) is 4. The summed E-state index contributed by atoms with van der Waals surface area (Å²) in [6.07, 6.45) is 2.30. The highest BCUT2D eigenvalue weighted by molar-refractivity contribution is 8.00. The van der Waals surface area contributed by atoms with Crippen LogP contribution in [-0.2, 0) is 4.74 Å². The average Bonchev–Trinajstić information content (AvgIpc) is 2.79. The van der Waals surface area contributed by atoms with Crippen LogP contribution in [0.2, 0.25) is 0 Å². The molecular weight excluding hydrogens is 200 g/mol. The van der Waals surface area contributed by atoms with Crippen LogP contribution in [0, 0.1) is 0 Å². The van der Waals surface area contributed by atoms with Crippen molar-refractivity contribution in [3.8, 4) is 0 Å². The van der Waals surface area contributed by atoms with Gasteiger partial charge in [-0.05, 0) is 18.6 Å². The standard InChI is InChI=1S/C9H16N2O2S/c10-4-7-6-13-9(12)11(7)5-8-2-1-3-14-8/h7-8H,1-6,10H2. The number of ether oxygens (including phenoxy) is 1. The van der Waals surface area contributed by atoms with Crippen molar-refractivity contribution < 1.29 is 9.53 Å². The van der Waals surface area contributed by atoms with Crippen LogP contribution in [0.4, 0.5) is 4.79 Å². The molecule has 0 aromatic heterocycles. The van der Waals surface area contributed by atoms with Gasteiger partial charge in [0.2, 0.25) is 0 Å². The summed E-state index contributed by atoms with van der Waals surface area (Å²) in [7, 11) is 0. The molecule has 2 atom stereocenters. The number of carbonyl (C=O) groups is 1. The van der Waals surface area contributed by atoms with Gasteiger partial charge in [-0.2, -0.15) is 11.8 Å². The fraction of sp³-hybridized carbons (Fsp3) is 0.889. The van der Waals surface area contributed by atoms with Crippen molar-refractivity contribution in [2.45, 2.75) is 24.1 Å². The minimum atomic E-state index is -0.187. The van der Waals surface area contributed by atoms with Crippen molar-refractivity contribution in [1.29, 1.82) is 0 Å². The third kappa shape index (κ3) is 1.98. The van der Waals surface area contributed by atoms with Gasteiger partial charge in [0, 0.05) is 18.3 Å². The van der Waals surface area contributed by atoms with Crippen LogP contribution in [0.1, 0.15) is 12.8 Å². The molecule has 5 heteroatoms. The lowest BCUT2D eigenvalue weighted by Gasteiger charge is -2.22. The summed E-state index contributed by atoms with van der Waals surface area (Å²) in [6.45, 7) is 1.78. The third-order valence-electron chi connectivity index (χ3n) is 2.77. The maximum absolute atomic E-state index is 11.4. The SMILES string of the molecule is NCC1COC(=O)N1CC1CCCS1. The lowest BCUT2D eigenvalue weighted by Crippen LogP contribution is -2.42. The van der Waals surface area contributed by atoms with Crippen LogP contribution in [0.15, 0.2) is 0 Å². The Kier molecular flexibility index (Phi) is 3.18. The first-order valence-corrected chi connectivity index (χ1v) is 6.11. The first kappa shape index (κ1) is 10.1. The first-order valence-electron chi connectivity index (χ1n) is 5.06. The molecular formula is C9H16N2O2S. The number of amides is 1. The van der Waals surface area contributed by atoms with Gasteiger partial charge >= 0.3 is 6.09 Å². The average molecular weight is 216 g/mol. The zero-order valence-corrected chi connectivity index (χ0v) is 8.96. The molecule has 2 heterocycles. The fourth-order valence-electron chi connectivity index (χ4n) is 1.92. The number of hydrogen-bond donors (Lipinski definition) is 1. The lowest BCUT2D eigenvalue weighted by atomic mass is 10.2. The van der Waals surface area contributed by atoms with Crippen molar-refractivity contribution in [2.24, 2.45) is 5.73 Å². The Labute approximate surface area is 88.1 Å². The van der Waals surface area contributed by atoms with E-state index in [1.807, 2.05) is 11.8 Å². The normalized spacial score (nSPS) is 32.4. The molecule has 1 amide bonds. The molecule has 14 heavy (non-hydrogen) atoms. The Morgan fingerprint density at radius 2 is 2.50 bits per heavy atom. The van der Waals surface area contributed by atoms with Gasteiger partial charge < -0.3 is 10.5 Å². The number of cyclic esters (lactones) is 1. The van der Waals surface area contributed by atoms with E-state index in [1.165, 1.54) is 18.6 Å². The molecule has 2 fully saturated rings. The summed E-state index contributed by atoms with van der Waals surface area (Å²) in [5, 5.41) is 0.592. The molecule has 0 radical (unpaired) electrons. The Morgan fingerprint density at radius 1 is 1.64 bits per heavy atom. The zero-order chi connectivity index (χ0) is 9.97.